The Morgan fingerprint density at radius 2 is 1.69 bits per heavy atom. The Bertz CT molecular complexity index is 280. The summed E-state index contributed by atoms with van der Waals surface area (Å²) in [4.78, 5) is 0. The lowest BCUT2D eigenvalue weighted by Gasteiger charge is -2.05. The topological polar surface area (TPSA) is 26.0 Å². The van der Waals surface area contributed by atoms with Gasteiger partial charge in [0.25, 0.3) is 6.43 Å². The largest absolute Gasteiger partial charge is 0.398 e. The summed E-state index contributed by atoms with van der Waals surface area (Å²) in [5, 5.41) is 0. The highest BCUT2D eigenvalue weighted by molar-refractivity contribution is 5.85. The fraction of sp³-hybridized carbons (Fsp3) is 0.143. The van der Waals surface area contributed by atoms with Crippen LogP contribution in [-0.2, 0) is 0 Å². The number of alkyl halides is 2. The van der Waals surface area contributed by atoms with Crippen molar-refractivity contribution in [2.75, 3.05) is 5.73 Å². The maximum absolute atomic E-state index is 12.6. The number of anilines is 1. The Morgan fingerprint density at radius 1 is 1.15 bits per heavy atom. The first-order valence-corrected chi connectivity index (χ1v) is 3.05. The van der Waals surface area contributed by atoms with Gasteiger partial charge in [0, 0.05) is 11.8 Å². The summed E-state index contributed by atoms with van der Waals surface area (Å²) in [6, 6.07) is 1.03. The normalized spacial score (nSPS) is 9.92. The molecule has 0 aliphatic heterocycles. The molecule has 0 aromatic heterocycles. The zero-order valence-electron chi connectivity index (χ0n) is 6.23. The summed E-state index contributed by atoms with van der Waals surface area (Å²) in [7, 11) is 0. The van der Waals surface area contributed by atoms with Gasteiger partial charge in [0.05, 0.1) is 5.56 Å². The average molecular weight is 216 g/mol. The predicted molar refractivity (Wildman–Crippen MR) is 43.0 cm³/mol. The van der Waals surface area contributed by atoms with Crippen LogP contribution in [0.15, 0.2) is 12.1 Å². The van der Waals surface area contributed by atoms with Crippen LogP contribution in [0.25, 0.3) is 0 Å². The smallest absolute Gasteiger partial charge is 0.268 e. The van der Waals surface area contributed by atoms with Crippen LogP contribution >= 0.6 is 12.4 Å². The second kappa shape index (κ2) is 4.32. The highest BCUT2D eigenvalue weighted by Gasteiger charge is 2.17. The van der Waals surface area contributed by atoms with E-state index in [1.165, 1.54) is 0 Å². The second-order valence-corrected chi connectivity index (χ2v) is 2.19. The molecule has 1 aromatic rings. The first-order valence-electron chi connectivity index (χ1n) is 3.05. The van der Waals surface area contributed by atoms with Crippen LogP contribution in [0.5, 0.6) is 0 Å². The van der Waals surface area contributed by atoms with Gasteiger partial charge in [-0.2, -0.15) is 0 Å². The predicted octanol–water partition coefficient (Wildman–Crippen LogP) is 2.91. The van der Waals surface area contributed by atoms with E-state index in [2.05, 4.69) is 0 Å². The van der Waals surface area contributed by atoms with Gasteiger partial charge < -0.3 is 5.73 Å². The first kappa shape index (κ1) is 12.0. The molecule has 6 heteroatoms. The molecule has 0 spiro atoms. The Morgan fingerprint density at radius 3 is 2.08 bits per heavy atom. The van der Waals surface area contributed by atoms with Gasteiger partial charge in [0.2, 0.25) is 0 Å². The van der Waals surface area contributed by atoms with Crippen molar-refractivity contribution in [3.63, 3.8) is 0 Å². The summed E-state index contributed by atoms with van der Waals surface area (Å²) < 4.78 is 48.8. The van der Waals surface area contributed by atoms with E-state index in [9.17, 15) is 17.6 Å². The van der Waals surface area contributed by atoms with Gasteiger partial charge in [-0.15, -0.1) is 12.4 Å². The third-order valence-corrected chi connectivity index (χ3v) is 1.34. The third kappa shape index (κ3) is 2.48. The van der Waals surface area contributed by atoms with Crippen molar-refractivity contribution < 1.29 is 17.6 Å². The third-order valence-electron chi connectivity index (χ3n) is 1.34. The van der Waals surface area contributed by atoms with Gasteiger partial charge >= 0.3 is 0 Å². The van der Waals surface area contributed by atoms with Crippen molar-refractivity contribution in [2.45, 2.75) is 6.43 Å². The fourth-order valence-electron chi connectivity index (χ4n) is 0.835. The van der Waals surface area contributed by atoms with Crippen molar-refractivity contribution in [1.29, 1.82) is 0 Å². The van der Waals surface area contributed by atoms with Gasteiger partial charge in [-0.25, -0.2) is 17.6 Å². The summed E-state index contributed by atoms with van der Waals surface area (Å²) >= 11 is 0. The number of nitrogens with two attached hydrogens (primary N) is 1. The number of hydrogen-bond acceptors (Lipinski definition) is 1. The Kier molecular flexibility index (Phi) is 4.00. The molecule has 0 bridgehead atoms. The number of benzene rings is 1. The van der Waals surface area contributed by atoms with E-state index in [4.69, 9.17) is 5.73 Å². The van der Waals surface area contributed by atoms with E-state index in [0.29, 0.717) is 12.1 Å². The lowest BCUT2D eigenvalue weighted by atomic mass is 10.2. The van der Waals surface area contributed by atoms with Crippen molar-refractivity contribution in [3.05, 3.63) is 29.3 Å². The van der Waals surface area contributed by atoms with Crippen molar-refractivity contribution in [1.82, 2.24) is 0 Å². The standard InChI is InChI=1S/C7H5F4N.ClH/c8-3-1-4(9)6(7(10)11)5(12)2-3;/h1-2,7H,12H2;1H. The molecule has 0 saturated heterocycles. The molecule has 1 aromatic carbocycles. The molecule has 0 atom stereocenters. The lowest BCUT2D eigenvalue weighted by molar-refractivity contribution is 0.147. The number of nitrogen functional groups attached to an aromatic ring is 1. The van der Waals surface area contributed by atoms with Gasteiger partial charge in [0.1, 0.15) is 11.6 Å². The van der Waals surface area contributed by atoms with E-state index < -0.39 is 29.3 Å². The average Bonchev–Trinajstić information content (AvgIpc) is 1.82. The van der Waals surface area contributed by atoms with E-state index in [1.54, 1.807) is 0 Å². The van der Waals surface area contributed by atoms with Crippen molar-refractivity contribution in [2.24, 2.45) is 0 Å². The summed E-state index contributed by atoms with van der Waals surface area (Å²) in [6.45, 7) is 0. The minimum Gasteiger partial charge on any atom is -0.398 e. The second-order valence-electron chi connectivity index (χ2n) is 2.19. The van der Waals surface area contributed by atoms with Crippen LogP contribution in [0.2, 0.25) is 0 Å². The molecule has 0 heterocycles. The van der Waals surface area contributed by atoms with Crippen molar-refractivity contribution in [3.8, 4) is 0 Å². The molecule has 1 rings (SSSR count). The van der Waals surface area contributed by atoms with E-state index in [-0.39, 0.29) is 12.4 Å². The molecule has 0 fully saturated rings. The minimum absolute atomic E-state index is 0. The maximum Gasteiger partial charge on any atom is 0.268 e. The Labute approximate surface area is 78.0 Å². The van der Waals surface area contributed by atoms with E-state index in [1.807, 2.05) is 0 Å². The van der Waals surface area contributed by atoms with Gasteiger partial charge in [0.15, 0.2) is 0 Å². The Hall–Kier alpha value is -0.970. The molecular formula is C7H6ClF4N. The molecule has 0 unspecified atom stereocenters. The van der Waals surface area contributed by atoms with Crippen LogP contribution in [0, 0.1) is 11.6 Å². The summed E-state index contributed by atoms with van der Waals surface area (Å²) in [6.07, 6.45) is -3.02. The quantitative estimate of drug-likeness (QED) is 0.566. The number of rotatable bonds is 1. The van der Waals surface area contributed by atoms with Crippen LogP contribution in [0.4, 0.5) is 23.2 Å². The fourth-order valence-corrected chi connectivity index (χ4v) is 0.835. The number of hydrogen-bond donors (Lipinski definition) is 1. The van der Waals surface area contributed by atoms with E-state index in [0.717, 1.165) is 0 Å². The minimum atomic E-state index is -3.02. The molecule has 1 nitrogen and oxygen atoms in total. The molecule has 0 aliphatic rings. The molecule has 0 amide bonds. The van der Waals surface area contributed by atoms with Crippen molar-refractivity contribution >= 4 is 18.1 Å². The summed E-state index contributed by atoms with van der Waals surface area (Å²) in [5.74, 6) is -2.28. The zero-order chi connectivity index (χ0) is 9.30. The lowest BCUT2D eigenvalue weighted by Crippen LogP contribution is -1.99. The van der Waals surface area contributed by atoms with Gasteiger partial charge in [-0.05, 0) is 6.07 Å². The maximum atomic E-state index is 12.6. The molecule has 0 radical (unpaired) electrons. The summed E-state index contributed by atoms with van der Waals surface area (Å²) in [5.41, 5.74) is 3.45. The SMILES string of the molecule is Cl.Nc1cc(F)cc(F)c1C(F)F. The highest BCUT2D eigenvalue weighted by Crippen LogP contribution is 2.28. The number of halogens is 5. The van der Waals surface area contributed by atoms with Crippen LogP contribution in [-0.4, -0.2) is 0 Å². The monoisotopic (exact) mass is 215 g/mol. The first-order chi connectivity index (χ1) is 5.52. The molecule has 0 aliphatic carbocycles. The molecule has 13 heavy (non-hydrogen) atoms. The highest BCUT2D eigenvalue weighted by atomic mass is 35.5. The molecule has 2 N–H and O–H groups in total. The zero-order valence-corrected chi connectivity index (χ0v) is 7.05. The van der Waals surface area contributed by atoms with Gasteiger partial charge in [-0.1, -0.05) is 0 Å². The molecular weight excluding hydrogens is 210 g/mol. The van der Waals surface area contributed by atoms with Crippen LogP contribution in [0.1, 0.15) is 12.0 Å². The van der Waals surface area contributed by atoms with Crippen LogP contribution in [0.3, 0.4) is 0 Å². The molecule has 0 saturated carbocycles. The van der Waals surface area contributed by atoms with Gasteiger partial charge in [-0.3, -0.25) is 0 Å². The van der Waals surface area contributed by atoms with Crippen LogP contribution < -0.4 is 5.73 Å². The Balaban J connectivity index is 0.00000144. The van der Waals surface area contributed by atoms with E-state index >= 15 is 0 Å². The molecule has 74 valence electrons.